The molecule has 2 aromatic rings. The summed E-state index contributed by atoms with van der Waals surface area (Å²) in [6.07, 6.45) is 0. The summed E-state index contributed by atoms with van der Waals surface area (Å²) in [5, 5.41) is -0.223. The molecule has 0 aliphatic carbocycles. The average Bonchev–Trinajstić information content (AvgIpc) is 2.33. The van der Waals surface area contributed by atoms with Crippen molar-refractivity contribution in [3.05, 3.63) is 66.0 Å². The van der Waals surface area contributed by atoms with E-state index in [2.05, 4.69) is 15.9 Å². The van der Waals surface area contributed by atoms with Gasteiger partial charge in [-0.25, -0.2) is 4.39 Å². The molecule has 0 aliphatic rings. The molecule has 0 saturated heterocycles. The third-order valence-electron chi connectivity index (χ3n) is 2.11. The van der Waals surface area contributed by atoms with Crippen molar-refractivity contribution in [2.45, 2.75) is 5.01 Å². The van der Waals surface area contributed by atoms with E-state index in [0.29, 0.717) is 5.75 Å². The van der Waals surface area contributed by atoms with Crippen molar-refractivity contribution < 1.29 is 9.13 Å². The number of hydrogen-bond donors (Lipinski definition) is 0. The Morgan fingerprint density at radius 1 is 0.938 bits per heavy atom. The van der Waals surface area contributed by atoms with Crippen LogP contribution >= 0.6 is 15.9 Å². The minimum atomic E-state index is -0.266. The molecule has 2 aromatic carbocycles. The first kappa shape index (κ1) is 11.1. The normalized spacial score (nSPS) is 12.1. The zero-order valence-electron chi connectivity index (χ0n) is 8.44. The Morgan fingerprint density at radius 2 is 1.56 bits per heavy atom. The fourth-order valence-electron chi connectivity index (χ4n) is 1.31. The van der Waals surface area contributed by atoms with Gasteiger partial charge in [0, 0.05) is 5.56 Å². The lowest BCUT2D eigenvalue weighted by atomic mass is 10.2. The molecule has 1 atom stereocenters. The first-order chi connectivity index (χ1) is 7.75. The molecule has 0 N–H and O–H groups in total. The summed E-state index contributed by atoms with van der Waals surface area (Å²) in [7, 11) is 0. The van der Waals surface area contributed by atoms with Gasteiger partial charge < -0.3 is 4.74 Å². The van der Waals surface area contributed by atoms with Gasteiger partial charge in [0.1, 0.15) is 11.6 Å². The van der Waals surface area contributed by atoms with Gasteiger partial charge in [0.2, 0.25) is 0 Å². The molecule has 0 fully saturated rings. The van der Waals surface area contributed by atoms with Crippen molar-refractivity contribution in [1.29, 1.82) is 0 Å². The molecule has 1 unspecified atom stereocenters. The minimum Gasteiger partial charge on any atom is -0.474 e. The minimum absolute atomic E-state index is 0.223. The van der Waals surface area contributed by atoms with Gasteiger partial charge in [-0.3, -0.25) is 0 Å². The summed E-state index contributed by atoms with van der Waals surface area (Å²) in [6, 6.07) is 15.7. The van der Waals surface area contributed by atoms with Crippen LogP contribution in [0.1, 0.15) is 10.6 Å². The highest BCUT2D eigenvalue weighted by molar-refractivity contribution is 9.09. The summed E-state index contributed by atoms with van der Waals surface area (Å²) < 4.78 is 18.3. The molecular formula is C13H10BrFO. The highest BCUT2D eigenvalue weighted by Gasteiger charge is 2.07. The maximum atomic E-state index is 12.7. The zero-order chi connectivity index (χ0) is 11.4. The lowest BCUT2D eigenvalue weighted by Crippen LogP contribution is -1.99. The molecule has 0 radical (unpaired) electrons. The van der Waals surface area contributed by atoms with E-state index in [4.69, 9.17) is 4.74 Å². The number of rotatable bonds is 3. The fraction of sp³-hybridized carbons (Fsp3) is 0.0769. The lowest BCUT2D eigenvalue weighted by molar-refractivity contribution is 0.301. The zero-order valence-corrected chi connectivity index (χ0v) is 10.0. The van der Waals surface area contributed by atoms with Crippen LogP contribution in [0.25, 0.3) is 0 Å². The predicted molar refractivity (Wildman–Crippen MR) is 65.1 cm³/mol. The quantitative estimate of drug-likeness (QED) is 0.762. The maximum absolute atomic E-state index is 12.7. The monoisotopic (exact) mass is 280 g/mol. The summed E-state index contributed by atoms with van der Waals surface area (Å²) in [6.45, 7) is 0. The summed E-state index contributed by atoms with van der Waals surface area (Å²) in [5.74, 6) is 0.366. The Bertz CT molecular complexity index is 441. The van der Waals surface area contributed by atoms with Crippen molar-refractivity contribution in [3.63, 3.8) is 0 Å². The van der Waals surface area contributed by atoms with Crippen LogP contribution in [-0.4, -0.2) is 0 Å². The number of ether oxygens (including phenoxy) is 1. The van der Waals surface area contributed by atoms with Crippen molar-refractivity contribution in [2.24, 2.45) is 0 Å². The van der Waals surface area contributed by atoms with Crippen LogP contribution < -0.4 is 4.74 Å². The van der Waals surface area contributed by atoms with Gasteiger partial charge in [-0.05, 0) is 40.2 Å². The van der Waals surface area contributed by atoms with Crippen LogP contribution in [-0.2, 0) is 0 Å². The van der Waals surface area contributed by atoms with Gasteiger partial charge in [-0.2, -0.15) is 0 Å². The third-order valence-corrected chi connectivity index (χ3v) is 2.83. The molecule has 0 aliphatic heterocycles. The van der Waals surface area contributed by atoms with Crippen molar-refractivity contribution in [2.75, 3.05) is 0 Å². The molecule has 1 nitrogen and oxygen atoms in total. The second-order valence-electron chi connectivity index (χ2n) is 3.30. The van der Waals surface area contributed by atoms with E-state index >= 15 is 0 Å². The summed E-state index contributed by atoms with van der Waals surface area (Å²) in [4.78, 5) is 0. The number of benzene rings is 2. The van der Waals surface area contributed by atoms with Crippen LogP contribution in [0, 0.1) is 5.82 Å². The predicted octanol–water partition coefficient (Wildman–Crippen LogP) is 4.30. The van der Waals surface area contributed by atoms with Crippen LogP contribution in [0.2, 0.25) is 0 Å². The van der Waals surface area contributed by atoms with E-state index in [1.807, 2.05) is 30.3 Å². The highest BCUT2D eigenvalue weighted by atomic mass is 79.9. The van der Waals surface area contributed by atoms with Gasteiger partial charge in [-0.15, -0.1) is 0 Å². The molecule has 2 rings (SSSR count). The van der Waals surface area contributed by atoms with Crippen LogP contribution in [0.3, 0.4) is 0 Å². The SMILES string of the molecule is Fc1ccc(OC(Br)c2ccccc2)cc1. The smallest absolute Gasteiger partial charge is 0.178 e. The largest absolute Gasteiger partial charge is 0.474 e. The van der Waals surface area contributed by atoms with Crippen LogP contribution in [0.4, 0.5) is 4.39 Å². The molecule has 0 saturated carbocycles. The maximum Gasteiger partial charge on any atom is 0.178 e. The Kier molecular flexibility index (Phi) is 3.57. The summed E-state index contributed by atoms with van der Waals surface area (Å²) >= 11 is 3.43. The molecule has 0 amide bonds. The van der Waals surface area contributed by atoms with Crippen LogP contribution in [0.15, 0.2) is 54.6 Å². The highest BCUT2D eigenvalue weighted by Crippen LogP contribution is 2.26. The molecule has 0 bridgehead atoms. The van der Waals surface area contributed by atoms with Crippen molar-refractivity contribution >= 4 is 15.9 Å². The van der Waals surface area contributed by atoms with E-state index in [0.717, 1.165) is 5.56 Å². The first-order valence-corrected chi connectivity index (χ1v) is 5.78. The van der Waals surface area contributed by atoms with Crippen LogP contribution in [0.5, 0.6) is 5.75 Å². The molecule has 0 spiro atoms. The molecular weight excluding hydrogens is 271 g/mol. The molecule has 0 heterocycles. The van der Waals surface area contributed by atoms with E-state index in [-0.39, 0.29) is 10.8 Å². The first-order valence-electron chi connectivity index (χ1n) is 4.87. The molecule has 16 heavy (non-hydrogen) atoms. The second-order valence-corrected chi connectivity index (χ2v) is 4.13. The van der Waals surface area contributed by atoms with Crippen molar-refractivity contribution in [1.82, 2.24) is 0 Å². The van der Waals surface area contributed by atoms with E-state index in [1.54, 1.807) is 12.1 Å². The standard InChI is InChI=1S/C13H10BrFO/c14-13(10-4-2-1-3-5-10)16-12-8-6-11(15)7-9-12/h1-9,13H. The fourth-order valence-corrected chi connectivity index (χ4v) is 1.83. The van der Waals surface area contributed by atoms with Gasteiger partial charge in [0.15, 0.2) is 5.01 Å². The Hall–Kier alpha value is -1.35. The van der Waals surface area contributed by atoms with Gasteiger partial charge in [0.25, 0.3) is 0 Å². The second kappa shape index (κ2) is 5.12. The Balaban J connectivity index is 2.08. The molecule has 0 aromatic heterocycles. The Morgan fingerprint density at radius 3 is 2.19 bits per heavy atom. The van der Waals surface area contributed by atoms with Gasteiger partial charge in [0.05, 0.1) is 0 Å². The van der Waals surface area contributed by atoms with E-state index in [9.17, 15) is 4.39 Å². The molecule has 82 valence electrons. The van der Waals surface area contributed by atoms with Gasteiger partial charge >= 0.3 is 0 Å². The number of hydrogen-bond acceptors (Lipinski definition) is 1. The topological polar surface area (TPSA) is 9.23 Å². The third kappa shape index (κ3) is 2.83. The van der Waals surface area contributed by atoms with Crippen molar-refractivity contribution in [3.8, 4) is 5.75 Å². The number of alkyl halides is 1. The summed E-state index contributed by atoms with van der Waals surface area (Å²) in [5.41, 5.74) is 1.02. The molecule has 3 heteroatoms. The van der Waals surface area contributed by atoms with E-state index in [1.165, 1.54) is 12.1 Å². The lowest BCUT2D eigenvalue weighted by Gasteiger charge is -2.13. The van der Waals surface area contributed by atoms with Gasteiger partial charge in [-0.1, -0.05) is 30.3 Å². The van der Waals surface area contributed by atoms with E-state index < -0.39 is 0 Å². The Labute approximate surface area is 102 Å². The number of halogens is 2. The average molecular weight is 281 g/mol.